The van der Waals surface area contributed by atoms with E-state index >= 15 is 0 Å². The third-order valence-corrected chi connectivity index (χ3v) is 4.12. The number of nitrogens with zero attached hydrogens (tertiary/aromatic N) is 1. The lowest BCUT2D eigenvalue weighted by atomic mass is 10.2. The van der Waals surface area contributed by atoms with E-state index in [0.717, 1.165) is 40.2 Å². The Labute approximate surface area is 148 Å². The first-order valence-electron chi connectivity index (χ1n) is 8.38. The van der Waals surface area contributed by atoms with Gasteiger partial charge in [0.15, 0.2) is 0 Å². The standard InChI is InChI=1S/C21H22N2O2/c1-4-23-19(13-8-15-6-9-16(10-7-15)25-5-2)21(22)18-12-11-17(24-3)14-20(18)23/h6-7,9-12,14H,4-5,22H2,1-3H3. The van der Waals surface area contributed by atoms with Crippen LogP contribution in [0, 0.1) is 11.8 Å². The van der Waals surface area contributed by atoms with Crippen LogP contribution in [0.25, 0.3) is 10.9 Å². The van der Waals surface area contributed by atoms with Crippen LogP contribution in [0.5, 0.6) is 11.5 Å². The Hall–Kier alpha value is -3.06. The minimum atomic E-state index is 0.654. The summed E-state index contributed by atoms with van der Waals surface area (Å²) < 4.78 is 12.9. The zero-order valence-electron chi connectivity index (χ0n) is 14.8. The Morgan fingerprint density at radius 3 is 2.36 bits per heavy atom. The maximum Gasteiger partial charge on any atom is 0.120 e. The maximum absolute atomic E-state index is 6.35. The Bertz CT molecular complexity index is 944. The molecule has 0 aliphatic rings. The fraction of sp³-hybridized carbons (Fsp3) is 0.238. The summed E-state index contributed by atoms with van der Waals surface area (Å²) in [5.41, 5.74) is 9.85. The van der Waals surface area contributed by atoms with E-state index in [0.29, 0.717) is 12.3 Å². The second-order valence-corrected chi connectivity index (χ2v) is 5.60. The molecule has 0 unspecified atom stereocenters. The molecule has 2 N–H and O–H groups in total. The average molecular weight is 334 g/mol. The Kier molecular flexibility index (Phi) is 4.85. The molecule has 1 aromatic heterocycles. The van der Waals surface area contributed by atoms with Crippen LogP contribution in [0.15, 0.2) is 42.5 Å². The summed E-state index contributed by atoms with van der Waals surface area (Å²) in [6, 6.07) is 13.7. The van der Waals surface area contributed by atoms with Gasteiger partial charge in [0, 0.05) is 23.6 Å². The number of hydrogen-bond donors (Lipinski definition) is 1. The van der Waals surface area contributed by atoms with Gasteiger partial charge in [-0.15, -0.1) is 0 Å². The average Bonchev–Trinajstić information content (AvgIpc) is 2.92. The molecule has 3 aromatic rings. The number of benzene rings is 2. The minimum absolute atomic E-state index is 0.654. The fourth-order valence-corrected chi connectivity index (χ4v) is 2.88. The van der Waals surface area contributed by atoms with Gasteiger partial charge in [0.2, 0.25) is 0 Å². The summed E-state index contributed by atoms with van der Waals surface area (Å²) in [6.07, 6.45) is 0. The molecule has 0 fully saturated rings. The monoisotopic (exact) mass is 334 g/mol. The molecular weight excluding hydrogens is 312 g/mol. The SMILES string of the molecule is CCOc1ccc(C#Cc2c(N)c3ccc(OC)cc3n2CC)cc1. The molecular formula is C21H22N2O2. The number of aryl methyl sites for hydroxylation is 1. The molecule has 0 radical (unpaired) electrons. The van der Waals surface area contributed by atoms with E-state index in [1.54, 1.807) is 7.11 Å². The second-order valence-electron chi connectivity index (χ2n) is 5.60. The number of hydrogen-bond acceptors (Lipinski definition) is 3. The summed E-state index contributed by atoms with van der Waals surface area (Å²) in [5.74, 6) is 8.09. The first-order chi connectivity index (χ1) is 12.2. The van der Waals surface area contributed by atoms with Gasteiger partial charge in [0.25, 0.3) is 0 Å². The van der Waals surface area contributed by atoms with Gasteiger partial charge in [-0.25, -0.2) is 0 Å². The molecule has 0 saturated heterocycles. The van der Waals surface area contributed by atoms with Gasteiger partial charge in [-0.2, -0.15) is 0 Å². The molecule has 0 bridgehead atoms. The number of rotatable bonds is 4. The van der Waals surface area contributed by atoms with Crippen LogP contribution in [-0.4, -0.2) is 18.3 Å². The molecule has 0 saturated carbocycles. The van der Waals surface area contributed by atoms with Gasteiger partial charge in [-0.05, 0) is 56.2 Å². The van der Waals surface area contributed by atoms with Crippen LogP contribution in [0.2, 0.25) is 0 Å². The van der Waals surface area contributed by atoms with E-state index < -0.39 is 0 Å². The number of methoxy groups -OCH3 is 1. The van der Waals surface area contributed by atoms with Crippen molar-refractivity contribution in [2.45, 2.75) is 20.4 Å². The van der Waals surface area contributed by atoms with E-state index in [9.17, 15) is 0 Å². The predicted octanol–water partition coefficient (Wildman–Crippen LogP) is 4.05. The van der Waals surface area contributed by atoms with Crippen molar-refractivity contribution >= 4 is 16.6 Å². The highest BCUT2D eigenvalue weighted by Crippen LogP contribution is 2.31. The fourth-order valence-electron chi connectivity index (χ4n) is 2.88. The molecule has 0 atom stereocenters. The van der Waals surface area contributed by atoms with Gasteiger partial charge < -0.3 is 19.8 Å². The lowest BCUT2D eigenvalue weighted by Gasteiger charge is -2.04. The molecule has 25 heavy (non-hydrogen) atoms. The van der Waals surface area contributed by atoms with E-state index in [-0.39, 0.29) is 0 Å². The zero-order chi connectivity index (χ0) is 17.8. The number of anilines is 1. The van der Waals surface area contributed by atoms with Crippen molar-refractivity contribution in [1.29, 1.82) is 0 Å². The molecule has 2 aromatic carbocycles. The van der Waals surface area contributed by atoms with E-state index in [1.165, 1.54) is 0 Å². The molecule has 1 heterocycles. The molecule has 3 rings (SSSR count). The normalized spacial score (nSPS) is 10.4. The van der Waals surface area contributed by atoms with E-state index in [4.69, 9.17) is 15.2 Å². The number of aromatic nitrogens is 1. The molecule has 4 nitrogen and oxygen atoms in total. The van der Waals surface area contributed by atoms with Crippen LogP contribution < -0.4 is 15.2 Å². The van der Waals surface area contributed by atoms with E-state index in [2.05, 4.69) is 23.3 Å². The van der Waals surface area contributed by atoms with Crippen molar-refractivity contribution in [3.8, 4) is 23.3 Å². The summed E-state index contributed by atoms with van der Waals surface area (Å²) >= 11 is 0. The largest absolute Gasteiger partial charge is 0.497 e. The van der Waals surface area contributed by atoms with Crippen molar-refractivity contribution in [3.05, 3.63) is 53.7 Å². The quantitative estimate of drug-likeness (QED) is 0.732. The lowest BCUT2D eigenvalue weighted by molar-refractivity contribution is 0.340. The zero-order valence-corrected chi connectivity index (χ0v) is 14.8. The van der Waals surface area contributed by atoms with Crippen LogP contribution in [0.4, 0.5) is 5.69 Å². The summed E-state index contributed by atoms with van der Waals surface area (Å²) in [6.45, 7) is 5.49. The highest BCUT2D eigenvalue weighted by molar-refractivity contribution is 5.96. The third-order valence-electron chi connectivity index (χ3n) is 4.12. The van der Waals surface area contributed by atoms with Gasteiger partial charge in [-0.3, -0.25) is 0 Å². The van der Waals surface area contributed by atoms with Crippen molar-refractivity contribution in [3.63, 3.8) is 0 Å². The Morgan fingerprint density at radius 2 is 1.72 bits per heavy atom. The van der Waals surface area contributed by atoms with Gasteiger partial charge >= 0.3 is 0 Å². The number of fused-ring (bicyclic) bond motifs is 1. The number of nitrogens with two attached hydrogens (primary N) is 1. The molecule has 0 amide bonds. The molecule has 0 aliphatic carbocycles. The van der Waals surface area contributed by atoms with Crippen molar-refractivity contribution in [2.24, 2.45) is 0 Å². The van der Waals surface area contributed by atoms with Crippen molar-refractivity contribution in [2.75, 3.05) is 19.5 Å². The number of nitrogen functional groups attached to an aromatic ring is 1. The van der Waals surface area contributed by atoms with Crippen LogP contribution >= 0.6 is 0 Å². The third kappa shape index (κ3) is 3.27. The van der Waals surface area contributed by atoms with Crippen molar-refractivity contribution in [1.82, 2.24) is 4.57 Å². The van der Waals surface area contributed by atoms with Crippen LogP contribution in [0.3, 0.4) is 0 Å². The molecule has 4 heteroatoms. The maximum atomic E-state index is 6.35. The first kappa shape index (κ1) is 16.8. The van der Waals surface area contributed by atoms with Crippen LogP contribution in [0.1, 0.15) is 25.1 Å². The van der Waals surface area contributed by atoms with Crippen molar-refractivity contribution < 1.29 is 9.47 Å². The highest BCUT2D eigenvalue weighted by atomic mass is 16.5. The lowest BCUT2D eigenvalue weighted by Crippen LogP contribution is -1.99. The second kappa shape index (κ2) is 7.23. The minimum Gasteiger partial charge on any atom is -0.497 e. The van der Waals surface area contributed by atoms with E-state index in [1.807, 2.05) is 49.4 Å². The molecule has 128 valence electrons. The van der Waals surface area contributed by atoms with Crippen LogP contribution in [-0.2, 0) is 6.54 Å². The van der Waals surface area contributed by atoms with Gasteiger partial charge in [0.05, 0.1) is 24.9 Å². The Balaban J connectivity index is 2.03. The smallest absolute Gasteiger partial charge is 0.120 e. The predicted molar refractivity (Wildman–Crippen MR) is 102 cm³/mol. The summed E-state index contributed by atoms with van der Waals surface area (Å²) in [4.78, 5) is 0. The summed E-state index contributed by atoms with van der Waals surface area (Å²) in [5, 5.41) is 0.999. The topological polar surface area (TPSA) is 49.4 Å². The van der Waals surface area contributed by atoms with Gasteiger partial charge in [0.1, 0.15) is 17.2 Å². The summed E-state index contributed by atoms with van der Waals surface area (Å²) in [7, 11) is 1.66. The highest BCUT2D eigenvalue weighted by Gasteiger charge is 2.13. The van der Waals surface area contributed by atoms with Gasteiger partial charge in [-0.1, -0.05) is 5.92 Å². The molecule has 0 aliphatic heterocycles. The Morgan fingerprint density at radius 1 is 1.00 bits per heavy atom. The first-order valence-corrected chi connectivity index (χ1v) is 8.38. The molecule has 0 spiro atoms. The number of ether oxygens (including phenoxy) is 2.